The summed E-state index contributed by atoms with van der Waals surface area (Å²) < 4.78 is 0. The van der Waals surface area contributed by atoms with E-state index >= 15 is 0 Å². The van der Waals surface area contributed by atoms with Crippen LogP contribution in [0.1, 0.15) is 34.1 Å². The number of hydrogen-bond donors (Lipinski definition) is 2. The first kappa shape index (κ1) is 12.5. The topological polar surface area (TPSA) is 32.3 Å². The predicted octanol–water partition coefficient (Wildman–Crippen LogP) is 2.11. The third-order valence-corrected chi connectivity index (χ3v) is 3.08. The minimum Gasteiger partial charge on any atom is -0.396 e. The molecule has 0 aromatic carbocycles. The molecule has 1 aliphatic carbocycles. The minimum absolute atomic E-state index is 0.276. The van der Waals surface area contributed by atoms with E-state index in [9.17, 15) is 0 Å². The van der Waals surface area contributed by atoms with Crippen molar-refractivity contribution in [1.82, 2.24) is 5.32 Å². The first-order valence-electron chi connectivity index (χ1n) is 5.76. The fourth-order valence-corrected chi connectivity index (χ4v) is 1.96. The van der Waals surface area contributed by atoms with Crippen molar-refractivity contribution in [2.24, 2.45) is 11.3 Å². The highest BCUT2D eigenvalue weighted by Crippen LogP contribution is 2.56. The van der Waals surface area contributed by atoms with Gasteiger partial charge in [-0.2, -0.15) is 0 Å². The van der Waals surface area contributed by atoms with E-state index in [1.807, 2.05) is 0 Å². The molecule has 1 unspecified atom stereocenters. The summed E-state index contributed by atoms with van der Waals surface area (Å²) in [5, 5.41) is 12.0. The quantitative estimate of drug-likeness (QED) is 0.537. The summed E-state index contributed by atoms with van der Waals surface area (Å²) in [6, 6.07) is 0. The lowest BCUT2D eigenvalue weighted by atomic mass is 10.1. The molecule has 0 saturated heterocycles. The van der Waals surface area contributed by atoms with Crippen molar-refractivity contribution in [3.05, 3.63) is 16.9 Å². The van der Waals surface area contributed by atoms with Crippen molar-refractivity contribution in [1.29, 1.82) is 0 Å². The van der Waals surface area contributed by atoms with Gasteiger partial charge in [-0.1, -0.05) is 13.8 Å². The van der Waals surface area contributed by atoms with E-state index in [-0.39, 0.29) is 6.61 Å². The molecule has 0 bridgehead atoms. The molecule has 86 valence electrons. The first-order chi connectivity index (χ1) is 7.00. The second kappa shape index (κ2) is 4.98. The van der Waals surface area contributed by atoms with Crippen molar-refractivity contribution in [3.63, 3.8) is 0 Å². The molecule has 0 aromatic rings. The molecule has 0 aliphatic heterocycles. The van der Waals surface area contributed by atoms with Gasteiger partial charge in [-0.3, -0.25) is 0 Å². The maximum Gasteiger partial charge on any atom is 0.0443 e. The Kier molecular flexibility index (Phi) is 4.15. The number of nitrogens with one attached hydrogen (secondary N) is 1. The summed E-state index contributed by atoms with van der Waals surface area (Å²) in [7, 11) is 0. The van der Waals surface area contributed by atoms with Gasteiger partial charge in [0.2, 0.25) is 0 Å². The molecule has 0 aromatic heterocycles. The van der Waals surface area contributed by atoms with E-state index in [0.29, 0.717) is 11.3 Å². The van der Waals surface area contributed by atoms with Crippen LogP contribution in [0.5, 0.6) is 0 Å². The minimum atomic E-state index is 0.276. The fourth-order valence-electron chi connectivity index (χ4n) is 1.96. The number of hydrogen-bond acceptors (Lipinski definition) is 2. The molecule has 0 amide bonds. The standard InChI is InChI=1S/C13H23NO/c1-10(2)8-11-12(13(11,3)4)9-14-6-5-7-15/h12,14-15H,5-7,9H2,1-4H3. The van der Waals surface area contributed by atoms with Crippen LogP contribution in [0.4, 0.5) is 0 Å². The van der Waals surface area contributed by atoms with Crippen LogP contribution in [0.15, 0.2) is 16.9 Å². The molecule has 2 N–H and O–H groups in total. The van der Waals surface area contributed by atoms with Crippen LogP contribution in [0.3, 0.4) is 0 Å². The summed E-state index contributed by atoms with van der Waals surface area (Å²) in [6.07, 6.45) is 0.842. The molecule has 1 atom stereocenters. The van der Waals surface area contributed by atoms with E-state index in [1.165, 1.54) is 11.1 Å². The lowest BCUT2D eigenvalue weighted by molar-refractivity contribution is 0.285. The average molecular weight is 209 g/mol. The molecule has 0 spiro atoms. The van der Waals surface area contributed by atoms with Gasteiger partial charge >= 0.3 is 0 Å². The van der Waals surface area contributed by atoms with Gasteiger partial charge in [0.05, 0.1) is 0 Å². The van der Waals surface area contributed by atoms with Gasteiger partial charge in [0.15, 0.2) is 0 Å². The Labute approximate surface area is 93.1 Å². The van der Waals surface area contributed by atoms with Crippen LogP contribution in [0.2, 0.25) is 0 Å². The monoisotopic (exact) mass is 209 g/mol. The van der Waals surface area contributed by atoms with Gasteiger partial charge in [0.1, 0.15) is 0 Å². The van der Waals surface area contributed by atoms with Crippen LogP contribution in [0, 0.1) is 11.3 Å². The van der Waals surface area contributed by atoms with Gasteiger partial charge < -0.3 is 10.4 Å². The van der Waals surface area contributed by atoms with E-state index in [1.54, 1.807) is 0 Å². The van der Waals surface area contributed by atoms with E-state index in [2.05, 4.69) is 38.7 Å². The summed E-state index contributed by atoms with van der Waals surface area (Å²) in [5.41, 5.74) is 6.47. The fraction of sp³-hybridized carbons (Fsp3) is 0.769. The highest BCUT2D eigenvalue weighted by molar-refractivity contribution is 5.36. The zero-order valence-electron chi connectivity index (χ0n) is 10.4. The van der Waals surface area contributed by atoms with E-state index < -0.39 is 0 Å². The Morgan fingerprint density at radius 1 is 1.47 bits per heavy atom. The molecule has 2 heteroatoms. The molecule has 1 saturated carbocycles. The summed E-state index contributed by atoms with van der Waals surface area (Å²) in [5.74, 6) is 0.631. The summed E-state index contributed by atoms with van der Waals surface area (Å²) in [6.45, 7) is 10.9. The average Bonchev–Trinajstić information content (AvgIpc) is 2.62. The Morgan fingerprint density at radius 3 is 2.67 bits per heavy atom. The van der Waals surface area contributed by atoms with Crippen LogP contribution < -0.4 is 5.32 Å². The Morgan fingerprint density at radius 2 is 2.13 bits per heavy atom. The van der Waals surface area contributed by atoms with E-state index in [0.717, 1.165) is 19.5 Å². The number of aliphatic hydroxyl groups excluding tert-OH is 1. The molecule has 0 heterocycles. The van der Waals surface area contributed by atoms with Crippen LogP contribution in [-0.2, 0) is 0 Å². The largest absolute Gasteiger partial charge is 0.396 e. The number of aliphatic hydroxyl groups is 1. The van der Waals surface area contributed by atoms with Crippen LogP contribution in [-0.4, -0.2) is 24.8 Å². The normalized spacial score (nSPS) is 22.5. The van der Waals surface area contributed by atoms with E-state index in [4.69, 9.17) is 5.11 Å². The van der Waals surface area contributed by atoms with Gasteiger partial charge in [0, 0.05) is 24.5 Å². The van der Waals surface area contributed by atoms with Crippen molar-refractivity contribution in [2.75, 3.05) is 19.7 Å². The van der Waals surface area contributed by atoms with Crippen LogP contribution >= 0.6 is 0 Å². The second-order valence-electron chi connectivity index (χ2n) is 5.09. The van der Waals surface area contributed by atoms with Crippen molar-refractivity contribution < 1.29 is 5.11 Å². The maximum absolute atomic E-state index is 8.66. The summed E-state index contributed by atoms with van der Waals surface area (Å²) >= 11 is 0. The van der Waals surface area contributed by atoms with Crippen molar-refractivity contribution in [2.45, 2.75) is 34.1 Å². The zero-order chi connectivity index (χ0) is 11.5. The molecular formula is C13H23NO. The second-order valence-corrected chi connectivity index (χ2v) is 5.09. The number of rotatable bonds is 5. The van der Waals surface area contributed by atoms with Crippen molar-refractivity contribution >= 4 is 0 Å². The third-order valence-electron chi connectivity index (χ3n) is 3.08. The molecule has 1 fully saturated rings. The maximum atomic E-state index is 8.66. The SMILES string of the molecule is CC(C)=C=C1C(CNCCCO)C1(C)C. The van der Waals surface area contributed by atoms with Crippen LogP contribution in [0.25, 0.3) is 0 Å². The molecular weight excluding hydrogens is 186 g/mol. The van der Waals surface area contributed by atoms with Gasteiger partial charge in [-0.15, -0.1) is 5.73 Å². The van der Waals surface area contributed by atoms with Gasteiger partial charge in [-0.05, 0) is 38.0 Å². The highest BCUT2D eigenvalue weighted by Gasteiger charge is 2.51. The predicted molar refractivity (Wildman–Crippen MR) is 63.7 cm³/mol. The molecule has 2 nitrogen and oxygen atoms in total. The third kappa shape index (κ3) is 3.20. The smallest absolute Gasteiger partial charge is 0.0443 e. The van der Waals surface area contributed by atoms with Gasteiger partial charge in [-0.25, -0.2) is 0 Å². The molecule has 1 rings (SSSR count). The molecule has 1 aliphatic rings. The van der Waals surface area contributed by atoms with Gasteiger partial charge in [0.25, 0.3) is 0 Å². The lowest BCUT2D eigenvalue weighted by Crippen LogP contribution is -2.20. The highest BCUT2D eigenvalue weighted by atomic mass is 16.3. The Hall–Kier alpha value is -0.560. The summed E-state index contributed by atoms with van der Waals surface area (Å²) in [4.78, 5) is 0. The Balaban J connectivity index is 2.43. The Bertz CT molecular complexity index is 281. The first-order valence-corrected chi connectivity index (χ1v) is 5.76. The lowest BCUT2D eigenvalue weighted by Gasteiger charge is -2.03. The molecule has 15 heavy (non-hydrogen) atoms. The molecule has 0 radical (unpaired) electrons. The van der Waals surface area contributed by atoms with Crippen molar-refractivity contribution in [3.8, 4) is 0 Å². The zero-order valence-corrected chi connectivity index (χ0v) is 10.4.